The molecule has 1 N–H and O–H groups in total. The van der Waals surface area contributed by atoms with Crippen molar-refractivity contribution in [3.63, 3.8) is 0 Å². The molecule has 0 fully saturated rings. The Bertz CT molecular complexity index is 1090. The molecule has 0 saturated carbocycles. The van der Waals surface area contributed by atoms with E-state index in [2.05, 4.69) is 30.3 Å². The average Bonchev–Trinajstić information content (AvgIpc) is 3.00. The first-order chi connectivity index (χ1) is 12.2. The highest BCUT2D eigenvalue weighted by Crippen LogP contribution is 2.31. The van der Waals surface area contributed by atoms with Gasteiger partial charge in [-0.15, -0.1) is 0 Å². The third-order valence-corrected chi connectivity index (χ3v) is 4.48. The summed E-state index contributed by atoms with van der Waals surface area (Å²) in [5.41, 5.74) is 2.20. The van der Waals surface area contributed by atoms with E-state index in [0.717, 1.165) is 11.1 Å². The Balaban J connectivity index is 1.86. The number of fused-ring (bicyclic) bond motifs is 2. The maximum atomic E-state index is 11.6. The molecule has 1 aromatic heterocycles. The normalized spacial score (nSPS) is 11.1. The smallest absolute Gasteiger partial charge is 0.337 e. The van der Waals surface area contributed by atoms with Gasteiger partial charge >= 0.3 is 5.97 Å². The topological polar surface area (TPSA) is 51.5 Å². The van der Waals surface area contributed by atoms with E-state index in [9.17, 15) is 9.90 Å². The number of nitrogens with zero attached hydrogens (tertiary/aromatic N) is 1. The summed E-state index contributed by atoms with van der Waals surface area (Å²) in [4.78, 5) is 11.6. The number of hydrogen-bond acceptors (Lipinski definition) is 2. The van der Waals surface area contributed by atoms with Crippen LogP contribution in [0.5, 0.6) is 5.75 Å². The number of carbonyl (C=O) groups is 1. The van der Waals surface area contributed by atoms with Crippen molar-refractivity contribution >= 4 is 27.6 Å². The molecule has 0 aliphatic heterocycles. The largest absolute Gasteiger partial charge is 0.495 e. The molecule has 0 amide bonds. The third-order valence-electron chi connectivity index (χ3n) is 4.48. The number of hydrogen-bond donors (Lipinski definition) is 1. The van der Waals surface area contributed by atoms with Crippen molar-refractivity contribution in [2.24, 2.45) is 0 Å². The molecule has 4 nitrogen and oxygen atoms in total. The van der Waals surface area contributed by atoms with Gasteiger partial charge in [-0.1, -0.05) is 48.5 Å². The summed E-state index contributed by atoms with van der Waals surface area (Å²) in [6.07, 6.45) is 1.69. The molecule has 4 rings (SSSR count). The van der Waals surface area contributed by atoms with Crippen molar-refractivity contribution in [3.8, 4) is 5.75 Å². The molecular formula is C21H17NO3. The molecule has 1 heterocycles. The second-order valence-corrected chi connectivity index (χ2v) is 6.01. The standard InChI is InChI=1S/C21H17NO3/c1-25-19-8-4-7-17-18(21(23)24)13-22(20(17)19)12-14-9-10-15-5-2-3-6-16(15)11-14/h2-11,13H,12H2,1H3,(H,23,24). The number of carboxylic acid groups (broad SMARTS) is 1. The minimum Gasteiger partial charge on any atom is -0.495 e. The maximum Gasteiger partial charge on any atom is 0.337 e. The minimum absolute atomic E-state index is 0.287. The van der Waals surface area contributed by atoms with Crippen LogP contribution in [-0.2, 0) is 6.54 Å². The summed E-state index contributed by atoms with van der Waals surface area (Å²) in [7, 11) is 1.60. The molecule has 0 saturated heterocycles. The van der Waals surface area contributed by atoms with Crippen molar-refractivity contribution in [1.82, 2.24) is 4.57 Å². The van der Waals surface area contributed by atoms with E-state index in [1.807, 2.05) is 34.9 Å². The third kappa shape index (κ3) is 2.62. The van der Waals surface area contributed by atoms with Crippen molar-refractivity contribution in [1.29, 1.82) is 0 Å². The van der Waals surface area contributed by atoms with Gasteiger partial charge in [0.25, 0.3) is 0 Å². The number of aromatic nitrogens is 1. The number of para-hydroxylation sites is 1. The number of benzene rings is 3. The highest BCUT2D eigenvalue weighted by Gasteiger charge is 2.17. The van der Waals surface area contributed by atoms with Crippen LogP contribution in [0.1, 0.15) is 15.9 Å². The molecule has 3 aromatic carbocycles. The highest BCUT2D eigenvalue weighted by molar-refractivity contribution is 6.05. The van der Waals surface area contributed by atoms with E-state index in [-0.39, 0.29) is 5.56 Å². The van der Waals surface area contributed by atoms with Crippen LogP contribution in [-0.4, -0.2) is 22.8 Å². The molecule has 124 valence electrons. The van der Waals surface area contributed by atoms with Crippen molar-refractivity contribution < 1.29 is 14.6 Å². The first kappa shape index (κ1) is 15.3. The Morgan fingerprint density at radius 2 is 1.84 bits per heavy atom. The fraction of sp³-hybridized carbons (Fsp3) is 0.0952. The van der Waals surface area contributed by atoms with Gasteiger partial charge in [0.05, 0.1) is 18.2 Å². The predicted octanol–water partition coefficient (Wildman–Crippen LogP) is 4.55. The highest BCUT2D eigenvalue weighted by atomic mass is 16.5. The van der Waals surface area contributed by atoms with Crippen LogP contribution in [0, 0.1) is 0 Å². The second kappa shape index (κ2) is 5.98. The van der Waals surface area contributed by atoms with E-state index in [0.29, 0.717) is 17.7 Å². The molecular weight excluding hydrogens is 314 g/mol. The van der Waals surface area contributed by atoms with Crippen LogP contribution in [0.25, 0.3) is 21.7 Å². The zero-order valence-electron chi connectivity index (χ0n) is 13.8. The van der Waals surface area contributed by atoms with Crippen LogP contribution in [0.3, 0.4) is 0 Å². The average molecular weight is 331 g/mol. The zero-order chi connectivity index (χ0) is 17.4. The maximum absolute atomic E-state index is 11.6. The van der Waals surface area contributed by atoms with Gasteiger partial charge in [-0.05, 0) is 28.5 Å². The first-order valence-corrected chi connectivity index (χ1v) is 8.04. The van der Waals surface area contributed by atoms with Crippen molar-refractivity contribution in [2.75, 3.05) is 7.11 Å². The summed E-state index contributed by atoms with van der Waals surface area (Å²) < 4.78 is 7.40. The molecule has 25 heavy (non-hydrogen) atoms. The fourth-order valence-electron chi connectivity index (χ4n) is 3.32. The molecule has 0 aliphatic rings. The Morgan fingerprint density at radius 1 is 1.04 bits per heavy atom. The van der Waals surface area contributed by atoms with E-state index >= 15 is 0 Å². The Morgan fingerprint density at radius 3 is 2.60 bits per heavy atom. The molecule has 0 spiro atoms. The second-order valence-electron chi connectivity index (χ2n) is 6.01. The minimum atomic E-state index is -0.935. The van der Waals surface area contributed by atoms with Gasteiger partial charge in [0.1, 0.15) is 5.75 Å². The van der Waals surface area contributed by atoms with Crippen LogP contribution in [0.2, 0.25) is 0 Å². The molecule has 0 radical (unpaired) electrons. The first-order valence-electron chi connectivity index (χ1n) is 8.04. The molecule has 0 atom stereocenters. The number of methoxy groups -OCH3 is 1. The van der Waals surface area contributed by atoms with E-state index in [4.69, 9.17) is 4.74 Å². The lowest BCUT2D eigenvalue weighted by atomic mass is 10.1. The lowest BCUT2D eigenvalue weighted by Crippen LogP contribution is -2.00. The lowest BCUT2D eigenvalue weighted by Gasteiger charge is -2.10. The van der Waals surface area contributed by atoms with Crippen molar-refractivity contribution in [3.05, 3.63) is 78.0 Å². The number of aromatic carboxylic acids is 1. The van der Waals surface area contributed by atoms with Gasteiger partial charge in [-0.3, -0.25) is 0 Å². The van der Waals surface area contributed by atoms with Gasteiger partial charge in [0.2, 0.25) is 0 Å². The SMILES string of the molecule is COc1cccc2c(C(=O)O)cn(Cc3ccc4ccccc4c3)c12. The van der Waals surface area contributed by atoms with Gasteiger partial charge in [0, 0.05) is 18.1 Å². The predicted molar refractivity (Wildman–Crippen MR) is 98.5 cm³/mol. The summed E-state index contributed by atoms with van der Waals surface area (Å²) in [6, 6.07) is 20.0. The van der Waals surface area contributed by atoms with Gasteiger partial charge in [0.15, 0.2) is 0 Å². The molecule has 4 aromatic rings. The van der Waals surface area contributed by atoms with Crippen LogP contribution in [0.15, 0.2) is 66.9 Å². The molecule has 0 unspecified atom stereocenters. The number of rotatable bonds is 4. The quantitative estimate of drug-likeness (QED) is 0.597. The lowest BCUT2D eigenvalue weighted by molar-refractivity contribution is 0.0699. The number of carboxylic acids is 1. The monoisotopic (exact) mass is 331 g/mol. The van der Waals surface area contributed by atoms with Gasteiger partial charge < -0.3 is 14.4 Å². The van der Waals surface area contributed by atoms with E-state index < -0.39 is 5.97 Å². The zero-order valence-corrected chi connectivity index (χ0v) is 13.8. The summed E-state index contributed by atoms with van der Waals surface area (Å²) in [6.45, 7) is 0.578. The number of ether oxygens (including phenoxy) is 1. The van der Waals surface area contributed by atoms with Gasteiger partial charge in [-0.25, -0.2) is 4.79 Å². The van der Waals surface area contributed by atoms with Crippen LogP contribution >= 0.6 is 0 Å². The molecule has 0 bridgehead atoms. The van der Waals surface area contributed by atoms with Crippen LogP contribution < -0.4 is 4.74 Å². The van der Waals surface area contributed by atoms with Crippen LogP contribution in [0.4, 0.5) is 0 Å². The molecule has 4 heteroatoms. The summed E-state index contributed by atoms with van der Waals surface area (Å²) in [5, 5.41) is 12.6. The summed E-state index contributed by atoms with van der Waals surface area (Å²) >= 11 is 0. The fourth-order valence-corrected chi connectivity index (χ4v) is 3.32. The summed E-state index contributed by atoms with van der Waals surface area (Å²) in [5.74, 6) is -0.263. The van der Waals surface area contributed by atoms with E-state index in [1.165, 1.54) is 10.8 Å². The molecule has 0 aliphatic carbocycles. The Labute approximate surface area is 144 Å². The Hall–Kier alpha value is -3.27. The van der Waals surface area contributed by atoms with Gasteiger partial charge in [-0.2, -0.15) is 0 Å². The Kier molecular flexibility index (Phi) is 3.65. The van der Waals surface area contributed by atoms with E-state index in [1.54, 1.807) is 13.3 Å². The van der Waals surface area contributed by atoms with Crippen molar-refractivity contribution in [2.45, 2.75) is 6.54 Å².